The molecule has 1 aromatic rings. The van der Waals surface area contributed by atoms with Crippen molar-refractivity contribution < 1.29 is 14.3 Å². The molecule has 1 aliphatic rings. The van der Waals surface area contributed by atoms with E-state index in [1.165, 1.54) is 12.8 Å². The molecule has 1 aromatic carbocycles. The quantitative estimate of drug-likeness (QED) is 0.716. The third-order valence-corrected chi connectivity index (χ3v) is 4.08. The summed E-state index contributed by atoms with van der Waals surface area (Å²) in [5, 5.41) is 2.86. The number of nitrogens with one attached hydrogen (secondary N) is 1. The zero-order chi connectivity index (χ0) is 15.9. The average molecular weight is 369 g/mol. The highest BCUT2D eigenvalue weighted by Crippen LogP contribution is 2.29. The van der Waals surface area contributed by atoms with Gasteiger partial charge in [-0.05, 0) is 53.7 Å². The Labute approximate surface area is 139 Å². The smallest absolute Gasteiger partial charge is 0.320 e. The molecule has 6 heteroatoms. The topological polar surface area (TPSA) is 58.6 Å². The van der Waals surface area contributed by atoms with Gasteiger partial charge in [0, 0.05) is 11.0 Å². The number of para-hydroxylation sites is 1. The molecule has 0 bridgehead atoms. The molecule has 2 rings (SSSR count). The van der Waals surface area contributed by atoms with Crippen LogP contribution in [0.1, 0.15) is 19.8 Å². The Balaban J connectivity index is 1.89. The average Bonchev–Trinajstić information content (AvgIpc) is 3.25. The summed E-state index contributed by atoms with van der Waals surface area (Å²) >= 11 is 3.40. The fourth-order valence-corrected chi connectivity index (χ4v) is 2.58. The highest BCUT2D eigenvalue weighted by Gasteiger charge is 2.26. The van der Waals surface area contributed by atoms with Crippen LogP contribution in [0.25, 0.3) is 0 Å². The van der Waals surface area contributed by atoms with Gasteiger partial charge in [-0.2, -0.15) is 0 Å². The Morgan fingerprint density at radius 3 is 2.68 bits per heavy atom. The molecular weight excluding hydrogens is 348 g/mol. The maximum Gasteiger partial charge on any atom is 0.320 e. The molecule has 1 amide bonds. The van der Waals surface area contributed by atoms with Gasteiger partial charge in [0.25, 0.3) is 0 Å². The standard InChI is InChI=1S/C16H21BrN2O3/c1-2-22-16(21)11-19(9-12-7-8-12)10-15(20)18-14-6-4-3-5-13(14)17/h3-6,12H,2,7-11H2,1H3,(H,18,20). The van der Waals surface area contributed by atoms with Crippen molar-refractivity contribution in [1.29, 1.82) is 0 Å². The summed E-state index contributed by atoms with van der Waals surface area (Å²) in [6.45, 7) is 3.26. The number of benzene rings is 1. The van der Waals surface area contributed by atoms with Gasteiger partial charge < -0.3 is 10.1 Å². The van der Waals surface area contributed by atoms with Crippen LogP contribution < -0.4 is 5.32 Å². The lowest BCUT2D eigenvalue weighted by Gasteiger charge is -2.20. The zero-order valence-electron chi connectivity index (χ0n) is 12.7. The van der Waals surface area contributed by atoms with Crippen LogP contribution in [-0.4, -0.2) is 43.0 Å². The van der Waals surface area contributed by atoms with Crippen molar-refractivity contribution in [2.24, 2.45) is 5.92 Å². The van der Waals surface area contributed by atoms with Gasteiger partial charge in [-0.15, -0.1) is 0 Å². The fourth-order valence-electron chi connectivity index (χ4n) is 2.20. The SMILES string of the molecule is CCOC(=O)CN(CC(=O)Nc1ccccc1Br)CC1CC1. The molecule has 0 heterocycles. The van der Waals surface area contributed by atoms with E-state index in [1.54, 1.807) is 6.92 Å². The summed E-state index contributed by atoms with van der Waals surface area (Å²) in [7, 11) is 0. The molecule has 1 aliphatic carbocycles. The van der Waals surface area contributed by atoms with E-state index in [9.17, 15) is 9.59 Å². The van der Waals surface area contributed by atoms with Crippen LogP contribution in [0.4, 0.5) is 5.69 Å². The Bertz CT molecular complexity index is 532. The predicted molar refractivity (Wildman–Crippen MR) is 88.6 cm³/mol. The molecule has 0 aliphatic heterocycles. The van der Waals surface area contributed by atoms with Crippen molar-refractivity contribution in [3.05, 3.63) is 28.7 Å². The third kappa shape index (κ3) is 5.77. The minimum atomic E-state index is -0.281. The lowest BCUT2D eigenvalue weighted by molar-refractivity contribution is -0.144. The third-order valence-electron chi connectivity index (χ3n) is 3.39. The van der Waals surface area contributed by atoms with Gasteiger partial charge in [-0.25, -0.2) is 0 Å². The largest absolute Gasteiger partial charge is 0.465 e. The number of hydrogen-bond donors (Lipinski definition) is 1. The van der Waals surface area contributed by atoms with Crippen LogP contribution in [-0.2, 0) is 14.3 Å². The number of hydrogen-bond acceptors (Lipinski definition) is 4. The molecule has 0 aromatic heterocycles. The highest BCUT2D eigenvalue weighted by atomic mass is 79.9. The molecule has 1 N–H and O–H groups in total. The summed E-state index contributed by atoms with van der Waals surface area (Å²) < 4.78 is 5.81. The number of carbonyl (C=O) groups excluding carboxylic acids is 2. The molecule has 5 nitrogen and oxygen atoms in total. The Kier molecular flexibility index (Phi) is 6.39. The van der Waals surface area contributed by atoms with Crippen LogP contribution in [0.15, 0.2) is 28.7 Å². The van der Waals surface area contributed by atoms with E-state index >= 15 is 0 Å². The second-order valence-electron chi connectivity index (χ2n) is 5.45. The maximum absolute atomic E-state index is 12.2. The number of ether oxygens (including phenoxy) is 1. The van der Waals surface area contributed by atoms with Crippen LogP contribution in [0.2, 0.25) is 0 Å². The van der Waals surface area contributed by atoms with Crippen molar-refractivity contribution in [1.82, 2.24) is 4.90 Å². The van der Waals surface area contributed by atoms with Crippen LogP contribution >= 0.6 is 15.9 Å². The van der Waals surface area contributed by atoms with Crippen LogP contribution in [0, 0.1) is 5.92 Å². The van der Waals surface area contributed by atoms with E-state index < -0.39 is 0 Å². The molecule has 1 fully saturated rings. The zero-order valence-corrected chi connectivity index (χ0v) is 14.3. The Morgan fingerprint density at radius 2 is 2.05 bits per heavy atom. The Morgan fingerprint density at radius 1 is 1.32 bits per heavy atom. The molecule has 22 heavy (non-hydrogen) atoms. The van der Waals surface area contributed by atoms with Crippen molar-refractivity contribution in [2.45, 2.75) is 19.8 Å². The van der Waals surface area contributed by atoms with Crippen LogP contribution in [0.3, 0.4) is 0 Å². The van der Waals surface area contributed by atoms with Crippen molar-refractivity contribution in [3.63, 3.8) is 0 Å². The first-order chi connectivity index (χ1) is 10.6. The van der Waals surface area contributed by atoms with Gasteiger partial charge in [-0.3, -0.25) is 14.5 Å². The summed E-state index contributed by atoms with van der Waals surface area (Å²) in [6, 6.07) is 7.45. The normalized spacial score (nSPS) is 14.0. The predicted octanol–water partition coefficient (Wildman–Crippen LogP) is 2.66. The van der Waals surface area contributed by atoms with Gasteiger partial charge in [0.1, 0.15) is 0 Å². The molecule has 0 unspecified atom stereocenters. The first kappa shape index (κ1) is 17.0. The van der Waals surface area contributed by atoms with Crippen molar-refractivity contribution in [3.8, 4) is 0 Å². The highest BCUT2D eigenvalue weighted by molar-refractivity contribution is 9.10. The van der Waals surface area contributed by atoms with Crippen molar-refractivity contribution in [2.75, 3.05) is 31.6 Å². The van der Waals surface area contributed by atoms with Gasteiger partial charge in [0.05, 0.1) is 25.4 Å². The van der Waals surface area contributed by atoms with E-state index in [0.29, 0.717) is 12.5 Å². The van der Waals surface area contributed by atoms with E-state index in [4.69, 9.17) is 4.74 Å². The summed E-state index contributed by atoms with van der Waals surface area (Å²) in [5.41, 5.74) is 0.731. The molecule has 1 saturated carbocycles. The van der Waals surface area contributed by atoms with E-state index in [1.807, 2.05) is 29.2 Å². The second kappa shape index (κ2) is 8.29. The van der Waals surface area contributed by atoms with E-state index in [2.05, 4.69) is 21.2 Å². The summed E-state index contributed by atoms with van der Waals surface area (Å²) in [6.07, 6.45) is 2.34. The van der Waals surface area contributed by atoms with E-state index in [0.717, 1.165) is 16.7 Å². The number of carbonyl (C=O) groups is 2. The molecule has 0 radical (unpaired) electrons. The van der Waals surface area contributed by atoms with Gasteiger partial charge in [-0.1, -0.05) is 12.1 Å². The fraction of sp³-hybridized carbons (Fsp3) is 0.500. The maximum atomic E-state index is 12.2. The number of nitrogens with zero attached hydrogens (tertiary/aromatic N) is 1. The summed E-state index contributed by atoms with van der Waals surface area (Å²) in [5.74, 6) is 0.194. The van der Waals surface area contributed by atoms with Crippen molar-refractivity contribution >= 4 is 33.5 Å². The monoisotopic (exact) mass is 368 g/mol. The second-order valence-corrected chi connectivity index (χ2v) is 6.30. The number of anilines is 1. The summed E-state index contributed by atoms with van der Waals surface area (Å²) in [4.78, 5) is 25.7. The van der Waals surface area contributed by atoms with Gasteiger partial charge >= 0.3 is 5.97 Å². The minimum absolute atomic E-state index is 0.128. The van der Waals surface area contributed by atoms with Crippen LogP contribution in [0.5, 0.6) is 0 Å². The first-order valence-electron chi connectivity index (χ1n) is 7.51. The Hall–Kier alpha value is -1.40. The first-order valence-corrected chi connectivity index (χ1v) is 8.30. The lowest BCUT2D eigenvalue weighted by atomic mass is 10.3. The number of amides is 1. The molecule has 0 atom stereocenters. The number of rotatable bonds is 8. The molecular formula is C16H21BrN2O3. The number of halogens is 1. The minimum Gasteiger partial charge on any atom is -0.465 e. The molecule has 120 valence electrons. The number of esters is 1. The molecule has 0 saturated heterocycles. The van der Waals surface area contributed by atoms with Gasteiger partial charge in [0.2, 0.25) is 5.91 Å². The molecule has 0 spiro atoms. The van der Waals surface area contributed by atoms with E-state index in [-0.39, 0.29) is 25.0 Å². The van der Waals surface area contributed by atoms with Gasteiger partial charge in [0.15, 0.2) is 0 Å². The lowest BCUT2D eigenvalue weighted by Crippen LogP contribution is -2.38.